The van der Waals surface area contributed by atoms with Crippen molar-refractivity contribution < 1.29 is 22.7 Å². The Bertz CT molecular complexity index is 653. The van der Waals surface area contributed by atoms with Crippen molar-refractivity contribution in [2.24, 2.45) is 5.14 Å². The molecule has 1 heterocycles. The number of hydrogen-bond acceptors (Lipinski definition) is 5. The minimum atomic E-state index is -3.91. The Morgan fingerprint density at radius 1 is 1.52 bits per heavy atom. The van der Waals surface area contributed by atoms with Crippen molar-refractivity contribution in [3.05, 3.63) is 27.7 Å². The van der Waals surface area contributed by atoms with Crippen LogP contribution in [0, 0.1) is 6.92 Å². The van der Waals surface area contributed by atoms with Crippen LogP contribution in [-0.2, 0) is 19.5 Å². The largest absolute Gasteiger partial charge is 0.459 e. The highest BCUT2D eigenvalue weighted by Crippen LogP contribution is 2.25. The van der Waals surface area contributed by atoms with Gasteiger partial charge in [-0.25, -0.2) is 18.4 Å². The summed E-state index contributed by atoms with van der Waals surface area (Å²) in [7, 11) is -3.91. The monoisotopic (exact) mass is 377 g/mol. The highest BCUT2D eigenvalue weighted by Gasteiger charge is 2.21. The Hall–Kier alpha value is -0.960. The van der Waals surface area contributed by atoms with Crippen molar-refractivity contribution >= 4 is 31.9 Å². The Kier molecular flexibility index (Phi) is 5.03. The number of halogens is 1. The Balaban J connectivity index is 2.19. The molecule has 2 rings (SSSR count). The smallest absolute Gasteiger partial charge is 0.338 e. The number of benzene rings is 1. The number of esters is 1. The van der Waals surface area contributed by atoms with Gasteiger partial charge in [0.2, 0.25) is 10.0 Å². The molecule has 0 spiro atoms. The van der Waals surface area contributed by atoms with Gasteiger partial charge >= 0.3 is 5.97 Å². The number of rotatable bonds is 4. The molecule has 2 N–H and O–H groups in total. The Morgan fingerprint density at radius 3 is 2.81 bits per heavy atom. The van der Waals surface area contributed by atoms with Crippen LogP contribution in [0.5, 0.6) is 0 Å². The number of nitrogens with two attached hydrogens (primary N) is 1. The van der Waals surface area contributed by atoms with Gasteiger partial charge in [-0.3, -0.25) is 0 Å². The van der Waals surface area contributed by atoms with Gasteiger partial charge < -0.3 is 9.47 Å². The maximum Gasteiger partial charge on any atom is 0.338 e. The van der Waals surface area contributed by atoms with Crippen molar-refractivity contribution in [1.29, 1.82) is 0 Å². The fraction of sp³-hybridized carbons (Fsp3) is 0.462. The van der Waals surface area contributed by atoms with Gasteiger partial charge in [0, 0.05) is 11.1 Å². The lowest BCUT2D eigenvalue weighted by molar-refractivity contribution is 0.0161. The summed E-state index contributed by atoms with van der Waals surface area (Å²) in [6.45, 7) is 2.44. The van der Waals surface area contributed by atoms with Gasteiger partial charge in [0.25, 0.3) is 0 Å². The van der Waals surface area contributed by atoms with Crippen LogP contribution in [0.2, 0.25) is 0 Å². The van der Waals surface area contributed by atoms with Crippen molar-refractivity contribution in [2.45, 2.75) is 30.8 Å². The average Bonchev–Trinajstić information content (AvgIpc) is 2.90. The summed E-state index contributed by atoms with van der Waals surface area (Å²) in [5.41, 5.74) is 0.586. The van der Waals surface area contributed by atoms with E-state index >= 15 is 0 Å². The predicted molar refractivity (Wildman–Crippen MR) is 79.5 cm³/mol. The van der Waals surface area contributed by atoms with Crippen LogP contribution in [0.15, 0.2) is 21.5 Å². The minimum Gasteiger partial charge on any atom is -0.459 e. The second kappa shape index (κ2) is 6.43. The zero-order valence-electron chi connectivity index (χ0n) is 11.5. The molecule has 1 unspecified atom stereocenters. The third kappa shape index (κ3) is 4.03. The van der Waals surface area contributed by atoms with E-state index in [2.05, 4.69) is 15.9 Å². The molecule has 1 aromatic carbocycles. The van der Waals surface area contributed by atoms with Gasteiger partial charge in [-0.15, -0.1) is 0 Å². The number of carbonyl (C=O) groups is 1. The zero-order valence-corrected chi connectivity index (χ0v) is 13.9. The number of primary sulfonamides is 1. The fourth-order valence-electron chi connectivity index (χ4n) is 2.09. The standard InChI is InChI=1S/C13H16BrNO5S/c1-8-11(14)5-9(6-12(8)21(15,17)18)13(16)20-7-10-3-2-4-19-10/h5-6,10H,2-4,7H2,1H3,(H2,15,17,18). The second-order valence-corrected chi connectivity index (χ2v) is 7.24. The third-order valence-electron chi connectivity index (χ3n) is 3.26. The molecule has 1 aliphatic heterocycles. The summed E-state index contributed by atoms with van der Waals surface area (Å²) in [6, 6.07) is 2.75. The van der Waals surface area contributed by atoms with Gasteiger partial charge in [-0.2, -0.15) is 0 Å². The van der Waals surface area contributed by atoms with Gasteiger partial charge in [0.15, 0.2) is 0 Å². The van der Waals surface area contributed by atoms with Crippen LogP contribution in [-0.4, -0.2) is 33.7 Å². The molecule has 1 aromatic rings. The van der Waals surface area contributed by atoms with Gasteiger partial charge in [-0.05, 0) is 37.5 Å². The highest BCUT2D eigenvalue weighted by atomic mass is 79.9. The van der Waals surface area contributed by atoms with Crippen LogP contribution in [0.1, 0.15) is 28.8 Å². The van der Waals surface area contributed by atoms with E-state index < -0.39 is 16.0 Å². The quantitative estimate of drug-likeness (QED) is 0.806. The molecule has 21 heavy (non-hydrogen) atoms. The second-order valence-electron chi connectivity index (χ2n) is 4.86. The summed E-state index contributed by atoms with van der Waals surface area (Å²) in [4.78, 5) is 11.9. The van der Waals surface area contributed by atoms with E-state index in [0.717, 1.165) is 12.8 Å². The summed E-state index contributed by atoms with van der Waals surface area (Å²) in [5.74, 6) is -0.601. The molecule has 1 fully saturated rings. The SMILES string of the molecule is Cc1c(Br)cc(C(=O)OCC2CCCO2)cc1S(N)(=O)=O. The molecule has 0 aliphatic carbocycles. The molecule has 116 valence electrons. The summed E-state index contributed by atoms with van der Waals surface area (Å²) < 4.78 is 34.1. The molecule has 1 saturated heterocycles. The molecule has 6 nitrogen and oxygen atoms in total. The topological polar surface area (TPSA) is 95.7 Å². The Labute approximate surface area is 131 Å². The lowest BCUT2D eigenvalue weighted by Crippen LogP contribution is -2.19. The zero-order chi connectivity index (χ0) is 15.6. The normalized spacial score (nSPS) is 18.7. The first kappa shape index (κ1) is 16.4. The number of ether oxygens (including phenoxy) is 2. The minimum absolute atomic E-state index is 0.0828. The van der Waals surface area contributed by atoms with E-state index in [-0.39, 0.29) is 23.2 Å². The molecule has 0 bridgehead atoms. The number of carbonyl (C=O) groups excluding carboxylic acids is 1. The van der Waals surface area contributed by atoms with Gasteiger partial charge in [0.1, 0.15) is 6.61 Å². The maximum absolute atomic E-state index is 12.0. The van der Waals surface area contributed by atoms with Gasteiger partial charge in [-0.1, -0.05) is 15.9 Å². The molecular weight excluding hydrogens is 362 g/mol. The third-order valence-corrected chi connectivity index (χ3v) is 5.12. The van der Waals surface area contributed by atoms with Crippen molar-refractivity contribution in [2.75, 3.05) is 13.2 Å². The van der Waals surface area contributed by atoms with Gasteiger partial charge in [0.05, 0.1) is 16.6 Å². The molecule has 0 amide bonds. The number of sulfonamides is 1. The molecule has 0 saturated carbocycles. The summed E-state index contributed by atoms with van der Waals surface area (Å²) >= 11 is 3.22. The van der Waals surface area contributed by atoms with Crippen molar-refractivity contribution in [3.8, 4) is 0 Å². The fourth-order valence-corrected chi connectivity index (χ4v) is 3.51. The molecule has 1 atom stereocenters. The first-order valence-electron chi connectivity index (χ1n) is 6.40. The summed E-state index contributed by atoms with van der Waals surface area (Å²) in [6.07, 6.45) is 1.72. The molecule has 8 heteroatoms. The first-order valence-corrected chi connectivity index (χ1v) is 8.74. The van der Waals surface area contributed by atoms with E-state index in [1.165, 1.54) is 12.1 Å². The van der Waals surface area contributed by atoms with Crippen LogP contribution in [0.3, 0.4) is 0 Å². The number of hydrogen-bond donors (Lipinski definition) is 1. The van der Waals surface area contributed by atoms with E-state index in [1.54, 1.807) is 6.92 Å². The van der Waals surface area contributed by atoms with Crippen LogP contribution < -0.4 is 5.14 Å². The van der Waals surface area contributed by atoms with E-state index in [9.17, 15) is 13.2 Å². The van der Waals surface area contributed by atoms with Crippen molar-refractivity contribution in [3.63, 3.8) is 0 Å². The first-order chi connectivity index (χ1) is 9.79. The lowest BCUT2D eigenvalue weighted by Gasteiger charge is -2.12. The van der Waals surface area contributed by atoms with Crippen molar-refractivity contribution in [1.82, 2.24) is 0 Å². The highest BCUT2D eigenvalue weighted by molar-refractivity contribution is 9.10. The average molecular weight is 378 g/mol. The predicted octanol–water partition coefficient (Wildman–Crippen LogP) is 1.74. The lowest BCUT2D eigenvalue weighted by atomic mass is 10.1. The molecule has 0 aromatic heterocycles. The van der Waals surface area contributed by atoms with E-state index in [1.807, 2.05) is 0 Å². The maximum atomic E-state index is 12.0. The van der Waals surface area contributed by atoms with E-state index in [0.29, 0.717) is 16.6 Å². The summed E-state index contributed by atoms with van der Waals surface area (Å²) in [5, 5.41) is 5.15. The molecule has 1 aliphatic rings. The van der Waals surface area contributed by atoms with Crippen LogP contribution in [0.25, 0.3) is 0 Å². The van der Waals surface area contributed by atoms with Crippen LogP contribution in [0.4, 0.5) is 0 Å². The van der Waals surface area contributed by atoms with E-state index in [4.69, 9.17) is 14.6 Å². The van der Waals surface area contributed by atoms with Crippen LogP contribution >= 0.6 is 15.9 Å². The molecular formula is C13H16BrNO5S. The Morgan fingerprint density at radius 2 is 2.24 bits per heavy atom. The molecule has 0 radical (unpaired) electrons.